The molecule has 0 radical (unpaired) electrons. The molecule has 156 valence electrons. The Kier molecular flexibility index (Phi) is 4.90. The molecule has 2 aromatic rings. The van der Waals surface area contributed by atoms with Gasteiger partial charge in [0, 0.05) is 25.1 Å². The predicted molar refractivity (Wildman–Crippen MR) is 104 cm³/mol. The normalized spacial score (nSPS) is 25.9. The van der Waals surface area contributed by atoms with Gasteiger partial charge < -0.3 is 14.5 Å². The first kappa shape index (κ1) is 20.5. The van der Waals surface area contributed by atoms with Gasteiger partial charge in [-0.2, -0.15) is 4.72 Å². The summed E-state index contributed by atoms with van der Waals surface area (Å²) >= 11 is 12.1. The van der Waals surface area contributed by atoms with E-state index in [1.54, 1.807) is 6.07 Å². The van der Waals surface area contributed by atoms with E-state index >= 15 is 0 Å². The first-order chi connectivity index (χ1) is 13.6. The molecular formula is C17H15Cl2F2N3O4S. The van der Waals surface area contributed by atoms with Crippen molar-refractivity contribution in [1.82, 2.24) is 9.71 Å². The Labute approximate surface area is 174 Å². The highest BCUT2D eigenvalue weighted by Gasteiger charge is 2.71. The van der Waals surface area contributed by atoms with Crippen LogP contribution in [0.5, 0.6) is 0 Å². The number of methoxy groups -OCH3 is 1. The number of benzene rings is 1. The fourth-order valence-electron chi connectivity index (χ4n) is 3.40. The largest absolute Gasteiger partial charge is 0.486 e. The van der Waals surface area contributed by atoms with Crippen LogP contribution in [0.3, 0.4) is 0 Å². The van der Waals surface area contributed by atoms with Crippen LogP contribution in [0.25, 0.3) is 10.9 Å². The van der Waals surface area contributed by atoms with E-state index in [0.717, 1.165) is 0 Å². The molecule has 7 nitrogen and oxygen atoms in total. The Hall–Kier alpha value is -1.72. The molecule has 2 aliphatic rings. The summed E-state index contributed by atoms with van der Waals surface area (Å²) in [7, 11) is -2.67. The summed E-state index contributed by atoms with van der Waals surface area (Å²) in [5.41, 5.74) is -2.03. The summed E-state index contributed by atoms with van der Waals surface area (Å²) in [6, 6.07) is 3.05. The third-order valence-corrected chi connectivity index (χ3v) is 7.25. The Bertz CT molecular complexity index is 1150. The maximum Gasteiger partial charge on any atom is 0.272 e. The van der Waals surface area contributed by atoms with Gasteiger partial charge in [-0.15, -0.1) is 0 Å². The van der Waals surface area contributed by atoms with Gasteiger partial charge in [-0.3, -0.25) is 4.99 Å². The Morgan fingerprint density at radius 1 is 1.38 bits per heavy atom. The lowest BCUT2D eigenvalue weighted by Gasteiger charge is -2.24. The van der Waals surface area contributed by atoms with Crippen LogP contribution in [0.1, 0.15) is 6.42 Å². The van der Waals surface area contributed by atoms with Gasteiger partial charge in [0.2, 0.25) is 10.0 Å². The van der Waals surface area contributed by atoms with Crippen LogP contribution in [0.15, 0.2) is 40.1 Å². The highest BCUT2D eigenvalue weighted by molar-refractivity contribution is 7.89. The van der Waals surface area contributed by atoms with Crippen molar-refractivity contribution in [2.45, 2.75) is 29.0 Å². The van der Waals surface area contributed by atoms with Crippen molar-refractivity contribution < 1.29 is 26.7 Å². The molecule has 0 spiro atoms. The van der Waals surface area contributed by atoms with Gasteiger partial charge in [0.15, 0.2) is 5.66 Å². The van der Waals surface area contributed by atoms with Crippen molar-refractivity contribution in [3.8, 4) is 0 Å². The lowest BCUT2D eigenvalue weighted by Crippen LogP contribution is -2.44. The van der Waals surface area contributed by atoms with Gasteiger partial charge in [0.1, 0.15) is 22.9 Å². The van der Waals surface area contributed by atoms with Crippen molar-refractivity contribution >= 4 is 50.3 Å². The Balaban J connectivity index is 1.63. The molecule has 1 aliphatic heterocycles. The molecular weight excluding hydrogens is 451 g/mol. The molecule has 2 atom stereocenters. The van der Waals surface area contributed by atoms with Crippen LogP contribution >= 0.6 is 23.2 Å². The highest BCUT2D eigenvalue weighted by atomic mass is 35.5. The standard InChI is InChI=1S/C17H15Cl2F2N3O4S/c1-27-16-4-9(28-7-13(20)21)5-23-17(16,8-16)24-29(25,26)12-6-22-15-10(12)2-3-11(18)14(15)19/h2-6,13,22,24H,7-8H2,1H3. The smallest absolute Gasteiger partial charge is 0.272 e. The summed E-state index contributed by atoms with van der Waals surface area (Å²) in [5.74, 6) is 0.0907. The third kappa shape index (κ3) is 3.32. The number of dihydropyridines is 1. The Morgan fingerprint density at radius 2 is 2.14 bits per heavy atom. The predicted octanol–water partition coefficient (Wildman–Crippen LogP) is 3.49. The molecule has 2 unspecified atom stereocenters. The van der Waals surface area contributed by atoms with E-state index in [9.17, 15) is 17.2 Å². The number of aromatic amines is 1. The molecule has 0 bridgehead atoms. The molecule has 1 aromatic carbocycles. The zero-order valence-corrected chi connectivity index (χ0v) is 17.2. The second-order valence-electron chi connectivity index (χ2n) is 6.68. The summed E-state index contributed by atoms with van der Waals surface area (Å²) < 4.78 is 63.9. The van der Waals surface area contributed by atoms with E-state index in [0.29, 0.717) is 10.9 Å². The quantitative estimate of drug-likeness (QED) is 0.654. The third-order valence-electron chi connectivity index (χ3n) is 4.92. The van der Waals surface area contributed by atoms with E-state index in [1.165, 1.54) is 31.7 Å². The minimum Gasteiger partial charge on any atom is -0.486 e. The van der Waals surface area contributed by atoms with Crippen LogP contribution in [0, 0.1) is 0 Å². The highest BCUT2D eigenvalue weighted by Crippen LogP contribution is 2.55. The van der Waals surface area contributed by atoms with E-state index < -0.39 is 34.3 Å². The van der Waals surface area contributed by atoms with Crippen molar-refractivity contribution in [1.29, 1.82) is 0 Å². The number of ether oxygens (including phenoxy) is 2. The van der Waals surface area contributed by atoms with Crippen LogP contribution in [-0.2, 0) is 19.5 Å². The number of nitrogens with zero attached hydrogens (tertiary/aromatic N) is 1. The maximum absolute atomic E-state index is 13.1. The molecule has 29 heavy (non-hydrogen) atoms. The van der Waals surface area contributed by atoms with Crippen LogP contribution in [-0.4, -0.2) is 51.0 Å². The molecule has 1 aliphatic carbocycles. The van der Waals surface area contributed by atoms with Crippen molar-refractivity contribution in [3.63, 3.8) is 0 Å². The monoisotopic (exact) mass is 465 g/mol. The van der Waals surface area contributed by atoms with Gasteiger partial charge in [0.25, 0.3) is 6.43 Å². The Morgan fingerprint density at radius 3 is 2.83 bits per heavy atom. The number of H-pyrrole nitrogens is 1. The van der Waals surface area contributed by atoms with E-state index in [1.807, 2.05) is 0 Å². The fraction of sp³-hybridized carbons (Fsp3) is 0.353. The number of rotatable bonds is 7. The minimum absolute atomic E-state index is 0.0312. The van der Waals surface area contributed by atoms with Gasteiger partial charge in [-0.05, 0) is 18.2 Å². The molecule has 2 heterocycles. The van der Waals surface area contributed by atoms with Crippen LogP contribution in [0.4, 0.5) is 8.78 Å². The average Bonchev–Trinajstić information content (AvgIpc) is 3.08. The summed E-state index contributed by atoms with van der Waals surface area (Å²) in [6.45, 7) is -0.797. The molecule has 0 amide bonds. The molecule has 0 saturated heterocycles. The number of hydrogen-bond donors (Lipinski definition) is 2. The van der Waals surface area contributed by atoms with Gasteiger partial charge in [0.05, 0.1) is 21.8 Å². The maximum atomic E-state index is 13.1. The first-order valence-corrected chi connectivity index (χ1v) is 10.6. The zero-order valence-electron chi connectivity index (χ0n) is 14.9. The fourth-order valence-corrected chi connectivity index (χ4v) is 5.30. The van der Waals surface area contributed by atoms with Crippen molar-refractivity contribution in [3.05, 3.63) is 40.2 Å². The van der Waals surface area contributed by atoms with Gasteiger partial charge >= 0.3 is 0 Å². The van der Waals surface area contributed by atoms with Gasteiger partial charge in [-0.1, -0.05) is 23.2 Å². The SMILES string of the molecule is COC12C=C(OCC(F)F)C=NC1(NS(=O)(=O)c1c[nH]c3c(Cl)c(Cl)ccc13)C2. The number of halogens is 4. The second-order valence-corrected chi connectivity index (χ2v) is 9.12. The second kappa shape index (κ2) is 6.92. The van der Waals surface area contributed by atoms with E-state index in [2.05, 4.69) is 14.7 Å². The number of aromatic nitrogens is 1. The average molecular weight is 466 g/mol. The molecule has 4 rings (SSSR count). The number of alkyl halides is 2. The van der Waals surface area contributed by atoms with Crippen LogP contribution in [0.2, 0.25) is 10.0 Å². The number of nitrogens with one attached hydrogen (secondary N) is 2. The minimum atomic E-state index is -4.05. The molecule has 12 heteroatoms. The summed E-state index contributed by atoms with van der Waals surface area (Å²) in [5, 5.41) is 0.861. The van der Waals surface area contributed by atoms with Crippen molar-refractivity contribution in [2.24, 2.45) is 4.99 Å². The van der Waals surface area contributed by atoms with Crippen molar-refractivity contribution in [2.75, 3.05) is 13.7 Å². The number of fused-ring (bicyclic) bond motifs is 2. The molecule has 1 aromatic heterocycles. The topological polar surface area (TPSA) is 92.8 Å². The number of aliphatic imine (C=N–C) groups is 1. The van der Waals surface area contributed by atoms with E-state index in [-0.39, 0.29) is 27.1 Å². The number of hydrogen-bond acceptors (Lipinski definition) is 5. The van der Waals surface area contributed by atoms with E-state index in [4.69, 9.17) is 32.7 Å². The zero-order chi connectivity index (χ0) is 21.0. The molecule has 1 saturated carbocycles. The van der Waals surface area contributed by atoms with Crippen LogP contribution < -0.4 is 4.72 Å². The lowest BCUT2D eigenvalue weighted by molar-refractivity contribution is 0.0483. The van der Waals surface area contributed by atoms with Gasteiger partial charge in [-0.25, -0.2) is 17.2 Å². The summed E-state index contributed by atoms with van der Waals surface area (Å²) in [6.07, 6.45) is 1.51. The first-order valence-electron chi connectivity index (χ1n) is 8.36. The molecule has 1 fully saturated rings. The molecule has 2 N–H and O–H groups in total. The summed E-state index contributed by atoms with van der Waals surface area (Å²) in [4.78, 5) is 6.99. The number of allylic oxidation sites excluding steroid dienone is 1. The lowest BCUT2D eigenvalue weighted by atomic mass is 10.2. The number of sulfonamides is 1.